The lowest BCUT2D eigenvalue weighted by atomic mass is 10.2. The van der Waals surface area contributed by atoms with Crippen LogP contribution in [0.3, 0.4) is 0 Å². The molecular weight excluding hydrogens is 229 g/mol. The van der Waals surface area contributed by atoms with E-state index < -0.39 is 23.8 Å². The molecule has 0 N–H and O–H groups in total. The van der Waals surface area contributed by atoms with E-state index in [2.05, 4.69) is 6.58 Å². The summed E-state index contributed by atoms with van der Waals surface area (Å²) in [5.41, 5.74) is -1.43. The van der Waals surface area contributed by atoms with Gasteiger partial charge in [0.05, 0.1) is 0 Å². The number of ether oxygens (including phenoxy) is 1. The predicted octanol–water partition coefficient (Wildman–Crippen LogP) is 2.54. The maximum Gasteiger partial charge on any atom is 0.422 e. The lowest BCUT2D eigenvalue weighted by molar-refractivity contribution is -0.155. The fourth-order valence-corrected chi connectivity index (χ4v) is 2.20. The maximum absolute atomic E-state index is 12.0. The average Bonchev–Trinajstić information content (AvgIpc) is 2.16. The van der Waals surface area contributed by atoms with Crippen molar-refractivity contribution in [1.82, 2.24) is 0 Å². The zero-order valence-electron chi connectivity index (χ0n) is 7.97. The molecule has 1 fully saturated rings. The summed E-state index contributed by atoms with van der Waals surface area (Å²) in [6, 6.07) is 0. The highest BCUT2D eigenvalue weighted by atomic mass is 32.2. The van der Waals surface area contributed by atoms with Crippen LogP contribution in [-0.4, -0.2) is 29.8 Å². The third kappa shape index (κ3) is 3.77. The molecule has 0 saturated carbocycles. The zero-order chi connectivity index (χ0) is 11.5. The van der Waals surface area contributed by atoms with E-state index in [4.69, 9.17) is 4.74 Å². The van der Waals surface area contributed by atoms with Crippen molar-refractivity contribution in [3.8, 4) is 0 Å². The van der Waals surface area contributed by atoms with Gasteiger partial charge in [-0.2, -0.15) is 24.9 Å². The number of carbonyl (C=O) groups is 1. The van der Waals surface area contributed by atoms with Crippen LogP contribution in [0.5, 0.6) is 0 Å². The Morgan fingerprint density at radius 2 is 1.87 bits per heavy atom. The van der Waals surface area contributed by atoms with E-state index in [1.54, 1.807) is 11.8 Å². The number of halogens is 3. The summed E-state index contributed by atoms with van der Waals surface area (Å²) in [7, 11) is 0. The van der Waals surface area contributed by atoms with Crippen LogP contribution in [0.2, 0.25) is 0 Å². The van der Waals surface area contributed by atoms with Crippen molar-refractivity contribution in [1.29, 1.82) is 0 Å². The molecule has 0 spiro atoms. The van der Waals surface area contributed by atoms with Crippen molar-refractivity contribution in [3.05, 3.63) is 12.2 Å². The summed E-state index contributed by atoms with van der Waals surface area (Å²) in [5, 5.41) is 0. The van der Waals surface area contributed by atoms with Crippen LogP contribution in [0.15, 0.2) is 12.2 Å². The molecule has 0 aromatic rings. The third-order valence-corrected chi connectivity index (χ3v) is 3.08. The summed E-state index contributed by atoms with van der Waals surface area (Å²) in [6.45, 7) is 2.69. The summed E-state index contributed by atoms with van der Waals surface area (Å²) < 4.78 is 40.9. The first-order valence-electron chi connectivity index (χ1n) is 4.46. The highest BCUT2D eigenvalue weighted by molar-refractivity contribution is 7.99. The van der Waals surface area contributed by atoms with Crippen LogP contribution in [-0.2, 0) is 9.53 Å². The van der Waals surface area contributed by atoms with Gasteiger partial charge >= 0.3 is 12.1 Å². The highest BCUT2D eigenvalue weighted by Crippen LogP contribution is 2.27. The van der Waals surface area contributed by atoms with Crippen molar-refractivity contribution in [3.63, 3.8) is 0 Å². The van der Waals surface area contributed by atoms with E-state index in [1.165, 1.54) is 0 Å². The van der Waals surface area contributed by atoms with Gasteiger partial charge < -0.3 is 4.74 Å². The molecule has 1 aliphatic heterocycles. The van der Waals surface area contributed by atoms with Crippen molar-refractivity contribution >= 4 is 17.7 Å². The van der Waals surface area contributed by atoms with Crippen molar-refractivity contribution in [2.75, 3.05) is 11.5 Å². The van der Waals surface area contributed by atoms with E-state index >= 15 is 0 Å². The van der Waals surface area contributed by atoms with Crippen LogP contribution >= 0.6 is 11.8 Å². The van der Waals surface area contributed by atoms with E-state index in [9.17, 15) is 18.0 Å². The minimum absolute atomic E-state index is 0.391. The second-order valence-corrected chi connectivity index (χ2v) is 4.42. The Kier molecular flexibility index (Phi) is 4.07. The van der Waals surface area contributed by atoms with Gasteiger partial charge in [0.1, 0.15) is 11.7 Å². The van der Waals surface area contributed by atoms with Gasteiger partial charge in [-0.25, -0.2) is 4.79 Å². The largest absolute Gasteiger partial charge is 0.459 e. The number of hydrogen-bond donors (Lipinski definition) is 0. The minimum Gasteiger partial charge on any atom is -0.459 e. The Hall–Kier alpha value is -0.650. The van der Waals surface area contributed by atoms with E-state index in [1.807, 2.05) is 0 Å². The molecule has 0 atom stereocenters. The number of esters is 1. The predicted molar refractivity (Wildman–Crippen MR) is 51.6 cm³/mol. The standard InChI is InChI=1S/C9H11F3O2S/c1-6(9(10,11)12)8(13)14-7-2-4-15-5-3-7/h7H,1-5H2. The third-order valence-electron chi connectivity index (χ3n) is 2.03. The molecule has 0 aromatic carbocycles. The van der Waals surface area contributed by atoms with Crippen LogP contribution in [0, 0.1) is 0 Å². The number of alkyl halides is 3. The number of hydrogen-bond acceptors (Lipinski definition) is 3. The number of rotatable bonds is 2. The second kappa shape index (κ2) is 4.92. The number of carbonyl (C=O) groups excluding carboxylic acids is 1. The van der Waals surface area contributed by atoms with Gasteiger partial charge in [-0.1, -0.05) is 6.58 Å². The molecule has 1 rings (SSSR count). The molecule has 2 nitrogen and oxygen atoms in total. The maximum atomic E-state index is 12.0. The van der Waals surface area contributed by atoms with E-state index in [0.29, 0.717) is 12.8 Å². The van der Waals surface area contributed by atoms with Crippen LogP contribution in [0.1, 0.15) is 12.8 Å². The SMILES string of the molecule is C=C(C(=O)OC1CCSCC1)C(F)(F)F. The average molecular weight is 240 g/mol. The van der Waals surface area contributed by atoms with Gasteiger partial charge in [0, 0.05) is 0 Å². The van der Waals surface area contributed by atoms with Crippen LogP contribution < -0.4 is 0 Å². The molecule has 6 heteroatoms. The first-order valence-corrected chi connectivity index (χ1v) is 5.61. The highest BCUT2D eigenvalue weighted by Gasteiger charge is 2.38. The molecule has 86 valence electrons. The molecule has 0 unspecified atom stereocenters. The van der Waals surface area contributed by atoms with E-state index in [0.717, 1.165) is 11.5 Å². The molecule has 0 radical (unpaired) electrons. The van der Waals surface area contributed by atoms with Gasteiger partial charge in [-0.15, -0.1) is 0 Å². The van der Waals surface area contributed by atoms with Gasteiger partial charge in [-0.05, 0) is 24.3 Å². The monoisotopic (exact) mass is 240 g/mol. The Bertz CT molecular complexity index is 257. The van der Waals surface area contributed by atoms with Gasteiger partial charge in [0.15, 0.2) is 0 Å². The van der Waals surface area contributed by atoms with E-state index in [-0.39, 0.29) is 0 Å². The van der Waals surface area contributed by atoms with Gasteiger partial charge in [0.25, 0.3) is 0 Å². The van der Waals surface area contributed by atoms with Gasteiger partial charge in [0.2, 0.25) is 0 Å². The molecule has 0 aliphatic carbocycles. The minimum atomic E-state index is -4.69. The fraction of sp³-hybridized carbons (Fsp3) is 0.667. The quantitative estimate of drug-likeness (QED) is 0.548. The zero-order valence-corrected chi connectivity index (χ0v) is 8.79. The molecular formula is C9H11F3O2S. The number of thioether (sulfide) groups is 1. The van der Waals surface area contributed by atoms with Crippen LogP contribution in [0.4, 0.5) is 13.2 Å². The van der Waals surface area contributed by atoms with Gasteiger partial charge in [-0.3, -0.25) is 0 Å². The Balaban J connectivity index is 2.44. The summed E-state index contributed by atoms with van der Waals surface area (Å²) in [4.78, 5) is 11.0. The molecule has 1 heterocycles. The Morgan fingerprint density at radius 3 is 2.33 bits per heavy atom. The summed E-state index contributed by atoms with van der Waals surface area (Å²) in [6.07, 6.45) is -3.86. The summed E-state index contributed by atoms with van der Waals surface area (Å²) >= 11 is 1.70. The normalized spacial score (nSPS) is 18.6. The molecule has 0 aromatic heterocycles. The molecule has 0 amide bonds. The smallest absolute Gasteiger partial charge is 0.422 e. The molecule has 15 heavy (non-hydrogen) atoms. The molecule has 1 saturated heterocycles. The lowest BCUT2D eigenvalue weighted by Gasteiger charge is -2.22. The second-order valence-electron chi connectivity index (χ2n) is 3.19. The lowest BCUT2D eigenvalue weighted by Crippen LogP contribution is -2.27. The molecule has 0 bridgehead atoms. The first kappa shape index (κ1) is 12.4. The van der Waals surface area contributed by atoms with Crippen molar-refractivity contribution in [2.45, 2.75) is 25.1 Å². The van der Waals surface area contributed by atoms with Crippen molar-refractivity contribution < 1.29 is 22.7 Å². The first-order chi connectivity index (χ1) is 6.91. The topological polar surface area (TPSA) is 26.3 Å². The van der Waals surface area contributed by atoms with Crippen LogP contribution in [0.25, 0.3) is 0 Å². The van der Waals surface area contributed by atoms with Crippen molar-refractivity contribution in [2.24, 2.45) is 0 Å². The Morgan fingerprint density at radius 1 is 1.33 bits per heavy atom. The summed E-state index contributed by atoms with van der Waals surface area (Å²) in [5.74, 6) is 0.284. The Labute approximate surface area is 89.9 Å². The fourth-order valence-electron chi connectivity index (χ4n) is 1.13. The molecule has 1 aliphatic rings.